The molecule has 0 radical (unpaired) electrons. The number of aromatic nitrogens is 2. The van der Waals surface area contributed by atoms with Crippen molar-refractivity contribution in [3.05, 3.63) is 42.7 Å². The molecule has 132 valence electrons. The van der Waals surface area contributed by atoms with E-state index < -0.39 is 0 Å². The van der Waals surface area contributed by atoms with E-state index in [4.69, 9.17) is 4.74 Å². The molecule has 0 aliphatic carbocycles. The molecule has 1 amide bonds. The van der Waals surface area contributed by atoms with E-state index in [0.717, 1.165) is 17.2 Å². The molecular formula is C17H21N5O2S. The molecular weight excluding hydrogens is 338 g/mol. The highest BCUT2D eigenvalue weighted by molar-refractivity contribution is 7.99. The summed E-state index contributed by atoms with van der Waals surface area (Å²) in [7, 11) is 0. The van der Waals surface area contributed by atoms with Gasteiger partial charge in [-0.1, -0.05) is 11.8 Å². The molecule has 2 atom stereocenters. The first-order valence-electron chi connectivity index (χ1n) is 8.17. The average molecular weight is 359 g/mol. The number of thioether (sulfide) groups is 1. The van der Waals surface area contributed by atoms with Gasteiger partial charge in [-0.3, -0.25) is 10.1 Å². The van der Waals surface area contributed by atoms with Crippen molar-refractivity contribution in [1.82, 2.24) is 20.6 Å². The zero-order valence-electron chi connectivity index (χ0n) is 13.9. The number of amides is 1. The Kier molecular flexibility index (Phi) is 6.08. The van der Waals surface area contributed by atoms with Crippen LogP contribution in [0.25, 0.3) is 0 Å². The maximum atomic E-state index is 12.0. The summed E-state index contributed by atoms with van der Waals surface area (Å²) in [6.45, 7) is 2.59. The van der Waals surface area contributed by atoms with Gasteiger partial charge in [0.25, 0.3) is 0 Å². The Labute approximate surface area is 151 Å². The molecule has 1 fully saturated rings. The van der Waals surface area contributed by atoms with Crippen molar-refractivity contribution < 1.29 is 9.53 Å². The minimum atomic E-state index is -0.318. The van der Waals surface area contributed by atoms with Crippen molar-refractivity contribution in [2.45, 2.75) is 30.8 Å². The number of nitrogens with one attached hydrogen (secondary N) is 3. The largest absolute Gasteiger partial charge is 0.494 e. The van der Waals surface area contributed by atoms with Crippen molar-refractivity contribution in [2.75, 3.05) is 17.7 Å². The van der Waals surface area contributed by atoms with E-state index in [1.54, 1.807) is 18.5 Å². The number of hydrogen-bond donors (Lipinski definition) is 3. The number of carbonyl (C=O) groups is 1. The molecule has 0 saturated carbocycles. The minimum absolute atomic E-state index is 0.0155. The highest BCUT2D eigenvalue weighted by Gasteiger charge is 2.25. The Hall–Kier alpha value is -2.32. The van der Waals surface area contributed by atoms with Gasteiger partial charge in [0.15, 0.2) is 11.4 Å². The zero-order chi connectivity index (χ0) is 17.5. The quantitative estimate of drug-likeness (QED) is 0.513. The topological polar surface area (TPSA) is 88.2 Å². The SMILES string of the molecule is CCOc1ccc(NC2NC(=O)CC(CSc3ncccn3)N2)cc1. The van der Waals surface area contributed by atoms with Crippen LogP contribution >= 0.6 is 11.8 Å². The van der Waals surface area contributed by atoms with Crippen LogP contribution < -0.4 is 20.7 Å². The standard InChI is InChI=1S/C17H21N5O2S/c1-2-24-14-6-4-12(5-7-14)20-16-21-13(10-15(23)22-16)11-25-17-18-8-3-9-19-17/h3-9,13,16,20-21H,2,10-11H2,1H3,(H,22,23). The van der Waals surface area contributed by atoms with E-state index in [-0.39, 0.29) is 18.2 Å². The van der Waals surface area contributed by atoms with Gasteiger partial charge in [0.1, 0.15) is 5.75 Å². The fourth-order valence-electron chi connectivity index (χ4n) is 2.48. The first-order valence-corrected chi connectivity index (χ1v) is 9.16. The van der Waals surface area contributed by atoms with Crippen molar-refractivity contribution >= 4 is 23.4 Å². The molecule has 3 N–H and O–H groups in total. The lowest BCUT2D eigenvalue weighted by Gasteiger charge is -2.32. The number of carbonyl (C=O) groups excluding carboxylic acids is 1. The van der Waals surface area contributed by atoms with Gasteiger partial charge in [0, 0.05) is 36.3 Å². The van der Waals surface area contributed by atoms with Crippen LogP contribution in [0.2, 0.25) is 0 Å². The monoisotopic (exact) mass is 359 g/mol. The number of hydrogen-bond acceptors (Lipinski definition) is 7. The van der Waals surface area contributed by atoms with Crippen molar-refractivity contribution in [2.24, 2.45) is 0 Å². The van der Waals surface area contributed by atoms with E-state index in [2.05, 4.69) is 25.9 Å². The van der Waals surface area contributed by atoms with E-state index in [0.29, 0.717) is 18.2 Å². The van der Waals surface area contributed by atoms with Gasteiger partial charge in [-0.25, -0.2) is 9.97 Å². The molecule has 3 rings (SSSR count). The summed E-state index contributed by atoms with van der Waals surface area (Å²) in [5.41, 5.74) is 0.904. The molecule has 0 bridgehead atoms. The summed E-state index contributed by atoms with van der Waals surface area (Å²) in [6.07, 6.45) is 3.54. The van der Waals surface area contributed by atoms with E-state index in [9.17, 15) is 4.79 Å². The second-order valence-corrected chi connectivity index (χ2v) is 6.50. The second-order valence-electron chi connectivity index (χ2n) is 5.51. The molecule has 7 nitrogen and oxygen atoms in total. The molecule has 1 saturated heterocycles. The molecule has 2 unspecified atom stereocenters. The Morgan fingerprint density at radius 1 is 1.28 bits per heavy atom. The Bertz CT molecular complexity index is 683. The fraction of sp³-hybridized carbons (Fsp3) is 0.353. The summed E-state index contributed by atoms with van der Waals surface area (Å²) in [6, 6.07) is 9.48. The molecule has 2 heterocycles. The molecule has 8 heteroatoms. The summed E-state index contributed by atoms with van der Waals surface area (Å²) in [5, 5.41) is 10.3. The molecule has 1 aromatic carbocycles. The van der Waals surface area contributed by atoms with Gasteiger partial charge in [-0.15, -0.1) is 0 Å². The lowest BCUT2D eigenvalue weighted by atomic mass is 10.2. The van der Waals surface area contributed by atoms with E-state index in [1.807, 2.05) is 31.2 Å². The van der Waals surface area contributed by atoms with Crippen LogP contribution in [-0.4, -0.2) is 40.6 Å². The van der Waals surface area contributed by atoms with E-state index in [1.165, 1.54) is 11.8 Å². The molecule has 0 spiro atoms. The first-order chi connectivity index (χ1) is 12.2. The third kappa shape index (κ3) is 5.33. The number of rotatable bonds is 7. The lowest BCUT2D eigenvalue weighted by molar-refractivity contribution is -0.123. The van der Waals surface area contributed by atoms with Gasteiger partial charge in [-0.2, -0.15) is 0 Å². The van der Waals surface area contributed by atoms with Crippen LogP contribution in [0.3, 0.4) is 0 Å². The number of nitrogens with zero attached hydrogens (tertiary/aromatic N) is 2. The zero-order valence-corrected chi connectivity index (χ0v) is 14.8. The van der Waals surface area contributed by atoms with E-state index >= 15 is 0 Å². The number of benzene rings is 1. The highest BCUT2D eigenvalue weighted by atomic mass is 32.2. The highest BCUT2D eigenvalue weighted by Crippen LogP contribution is 2.18. The maximum absolute atomic E-state index is 12.0. The number of ether oxygens (including phenoxy) is 1. The maximum Gasteiger partial charge on any atom is 0.224 e. The van der Waals surface area contributed by atoms with Gasteiger partial charge in [0.05, 0.1) is 6.61 Å². The average Bonchev–Trinajstić information content (AvgIpc) is 2.62. The van der Waals surface area contributed by atoms with Gasteiger partial charge in [-0.05, 0) is 37.3 Å². The predicted octanol–water partition coefficient (Wildman–Crippen LogP) is 1.84. The van der Waals surface area contributed by atoms with Crippen LogP contribution in [0.4, 0.5) is 5.69 Å². The molecule has 25 heavy (non-hydrogen) atoms. The Morgan fingerprint density at radius 2 is 2.04 bits per heavy atom. The molecule has 1 aliphatic heterocycles. The molecule has 2 aromatic rings. The predicted molar refractivity (Wildman–Crippen MR) is 97.5 cm³/mol. The molecule has 1 aliphatic rings. The molecule has 1 aromatic heterocycles. The summed E-state index contributed by atoms with van der Waals surface area (Å²) in [5.74, 6) is 1.56. The van der Waals surface area contributed by atoms with Crippen LogP contribution in [0.1, 0.15) is 13.3 Å². The van der Waals surface area contributed by atoms with Crippen LogP contribution in [0, 0.1) is 0 Å². The fourth-order valence-corrected chi connectivity index (χ4v) is 3.32. The Morgan fingerprint density at radius 3 is 2.76 bits per heavy atom. The summed E-state index contributed by atoms with van der Waals surface area (Å²) < 4.78 is 5.43. The third-order valence-electron chi connectivity index (χ3n) is 3.57. The summed E-state index contributed by atoms with van der Waals surface area (Å²) >= 11 is 1.54. The van der Waals surface area contributed by atoms with Crippen LogP contribution in [0.5, 0.6) is 5.75 Å². The minimum Gasteiger partial charge on any atom is -0.494 e. The first kappa shape index (κ1) is 17.5. The normalized spacial score (nSPS) is 20.0. The van der Waals surface area contributed by atoms with Crippen molar-refractivity contribution in [1.29, 1.82) is 0 Å². The van der Waals surface area contributed by atoms with Gasteiger partial charge < -0.3 is 15.4 Å². The Balaban J connectivity index is 1.54. The van der Waals surface area contributed by atoms with Crippen molar-refractivity contribution in [3.8, 4) is 5.75 Å². The van der Waals surface area contributed by atoms with Crippen LogP contribution in [0.15, 0.2) is 47.9 Å². The smallest absolute Gasteiger partial charge is 0.224 e. The van der Waals surface area contributed by atoms with Gasteiger partial charge in [0.2, 0.25) is 5.91 Å². The van der Waals surface area contributed by atoms with Crippen molar-refractivity contribution in [3.63, 3.8) is 0 Å². The number of anilines is 1. The van der Waals surface area contributed by atoms with Crippen LogP contribution in [-0.2, 0) is 4.79 Å². The lowest BCUT2D eigenvalue weighted by Crippen LogP contribution is -2.60. The van der Waals surface area contributed by atoms with Gasteiger partial charge >= 0.3 is 0 Å². The third-order valence-corrected chi connectivity index (χ3v) is 4.61. The second kappa shape index (κ2) is 8.68. The summed E-state index contributed by atoms with van der Waals surface area (Å²) in [4.78, 5) is 20.3.